The summed E-state index contributed by atoms with van der Waals surface area (Å²) >= 11 is 0. The van der Waals surface area contributed by atoms with E-state index < -0.39 is 6.10 Å². The van der Waals surface area contributed by atoms with E-state index in [1.165, 1.54) is 148 Å². The molecule has 0 radical (unpaired) electrons. The van der Waals surface area contributed by atoms with Crippen LogP contribution in [0.1, 0.15) is 206 Å². The second kappa shape index (κ2) is 36.1. The molecule has 0 rings (SSSR count). The second-order valence-corrected chi connectivity index (χ2v) is 13.0. The van der Waals surface area contributed by atoms with Crippen molar-refractivity contribution in [1.82, 2.24) is 0 Å². The molecular formula is C39H74O5. The number of aliphatic hydroxyl groups is 1. The first-order chi connectivity index (χ1) is 21.6. The highest BCUT2D eigenvalue weighted by atomic mass is 16.6. The van der Waals surface area contributed by atoms with E-state index in [1.54, 1.807) is 0 Å². The summed E-state index contributed by atoms with van der Waals surface area (Å²) in [6.45, 7) is 4.13. The Morgan fingerprint density at radius 3 is 1.25 bits per heavy atom. The van der Waals surface area contributed by atoms with Gasteiger partial charge in [0.05, 0.1) is 6.61 Å². The fourth-order valence-electron chi connectivity index (χ4n) is 5.61. The van der Waals surface area contributed by atoms with Gasteiger partial charge in [-0.3, -0.25) is 9.59 Å². The smallest absolute Gasteiger partial charge is 0.306 e. The second-order valence-electron chi connectivity index (χ2n) is 13.0. The van der Waals surface area contributed by atoms with Crippen molar-refractivity contribution in [2.24, 2.45) is 0 Å². The van der Waals surface area contributed by atoms with Crippen molar-refractivity contribution in [1.29, 1.82) is 0 Å². The standard InChI is InChI=1S/C39H74O5/c1-3-5-7-9-11-13-15-17-19-21-23-25-27-29-31-33-38(41)43-36-37(35-40)44-39(42)34-32-30-28-26-24-22-20-18-16-14-12-10-8-6-4-2/h14,16,37,40H,3-13,15,17-36H2,1-2H3. The lowest BCUT2D eigenvalue weighted by atomic mass is 10.0. The molecule has 0 aliphatic carbocycles. The van der Waals surface area contributed by atoms with E-state index in [1.807, 2.05) is 0 Å². The first kappa shape index (κ1) is 42.6. The molecule has 5 heteroatoms. The average molecular weight is 623 g/mol. The van der Waals surface area contributed by atoms with Gasteiger partial charge in [0.15, 0.2) is 6.10 Å². The highest BCUT2D eigenvalue weighted by molar-refractivity contribution is 5.70. The Morgan fingerprint density at radius 2 is 0.841 bits per heavy atom. The Hall–Kier alpha value is -1.36. The Bertz CT molecular complexity index is 632. The number of aliphatic hydroxyl groups excluding tert-OH is 1. The van der Waals surface area contributed by atoms with Crippen LogP contribution in [0.5, 0.6) is 0 Å². The van der Waals surface area contributed by atoms with Crippen molar-refractivity contribution in [3.63, 3.8) is 0 Å². The zero-order valence-corrected chi connectivity index (χ0v) is 29.4. The summed E-state index contributed by atoms with van der Waals surface area (Å²) in [5, 5.41) is 9.54. The van der Waals surface area contributed by atoms with Gasteiger partial charge in [-0.15, -0.1) is 0 Å². The van der Waals surface area contributed by atoms with Crippen LogP contribution in [0.3, 0.4) is 0 Å². The molecular weight excluding hydrogens is 548 g/mol. The molecule has 0 aromatic rings. The minimum atomic E-state index is -0.766. The van der Waals surface area contributed by atoms with E-state index in [9.17, 15) is 14.7 Å². The molecule has 0 bridgehead atoms. The minimum Gasteiger partial charge on any atom is -0.462 e. The molecule has 0 spiro atoms. The third-order valence-corrected chi connectivity index (χ3v) is 8.56. The van der Waals surface area contributed by atoms with Crippen LogP contribution in [0, 0.1) is 0 Å². The van der Waals surface area contributed by atoms with Gasteiger partial charge in [-0.05, 0) is 38.5 Å². The van der Waals surface area contributed by atoms with Gasteiger partial charge in [0.1, 0.15) is 6.61 Å². The van der Waals surface area contributed by atoms with E-state index in [-0.39, 0.29) is 25.2 Å². The number of allylic oxidation sites excluding steroid dienone is 2. The van der Waals surface area contributed by atoms with Crippen molar-refractivity contribution >= 4 is 11.9 Å². The third kappa shape index (κ3) is 33.5. The van der Waals surface area contributed by atoms with E-state index in [4.69, 9.17) is 9.47 Å². The summed E-state index contributed by atoms with van der Waals surface area (Å²) in [6.07, 6.45) is 39.8. The van der Waals surface area contributed by atoms with Crippen LogP contribution in [0.25, 0.3) is 0 Å². The van der Waals surface area contributed by atoms with Gasteiger partial charge in [0.2, 0.25) is 0 Å². The van der Waals surface area contributed by atoms with E-state index >= 15 is 0 Å². The number of rotatable bonds is 35. The molecule has 0 saturated heterocycles. The highest BCUT2D eigenvalue weighted by Crippen LogP contribution is 2.15. The molecule has 0 aliphatic rings. The summed E-state index contributed by atoms with van der Waals surface area (Å²) in [6, 6.07) is 0. The molecule has 0 fully saturated rings. The van der Waals surface area contributed by atoms with Crippen molar-refractivity contribution in [3.8, 4) is 0 Å². The molecule has 0 aromatic heterocycles. The Balaban J connectivity index is 3.53. The van der Waals surface area contributed by atoms with Gasteiger partial charge in [-0.25, -0.2) is 0 Å². The van der Waals surface area contributed by atoms with Gasteiger partial charge in [0, 0.05) is 12.8 Å². The van der Waals surface area contributed by atoms with Gasteiger partial charge < -0.3 is 14.6 Å². The topological polar surface area (TPSA) is 72.8 Å². The number of esters is 2. The molecule has 5 nitrogen and oxygen atoms in total. The molecule has 0 saturated carbocycles. The maximum absolute atomic E-state index is 12.1. The maximum atomic E-state index is 12.1. The highest BCUT2D eigenvalue weighted by Gasteiger charge is 2.16. The van der Waals surface area contributed by atoms with Crippen molar-refractivity contribution in [2.45, 2.75) is 213 Å². The number of hydrogen-bond acceptors (Lipinski definition) is 5. The predicted molar refractivity (Wildman–Crippen MR) is 187 cm³/mol. The number of ether oxygens (including phenoxy) is 2. The van der Waals surface area contributed by atoms with Crippen LogP contribution in [0.4, 0.5) is 0 Å². The van der Waals surface area contributed by atoms with Crippen LogP contribution >= 0.6 is 0 Å². The fraction of sp³-hybridized carbons (Fsp3) is 0.897. The summed E-state index contributed by atoms with van der Waals surface area (Å²) in [5.41, 5.74) is 0. The molecule has 0 aliphatic heterocycles. The van der Waals surface area contributed by atoms with E-state index in [0.717, 1.165) is 32.1 Å². The zero-order valence-electron chi connectivity index (χ0n) is 29.4. The zero-order chi connectivity index (χ0) is 32.2. The quantitative estimate of drug-likeness (QED) is 0.0432. The van der Waals surface area contributed by atoms with Gasteiger partial charge in [-0.2, -0.15) is 0 Å². The molecule has 1 atom stereocenters. The largest absolute Gasteiger partial charge is 0.462 e. The van der Waals surface area contributed by atoms with Gasteiger partial charge in [-0.1, -0.05) is 167 Å². The van der Waals surface area contributed by atoms with E-state index in [0.29, 0.717) is 12.8 Å². The average Bonchev–Trinajstić information content (AvgIpc) is 3.02. The van der Waals surface area contributed by atoms with Crippen LogP contribution in [-0.2, 0) is 19.1 Å². The monoisotopic (exact) mass is 623 g/mol. The van der Waals surface area contributed by atoms with Crippen molar-refractivity contribution in [3.05, 3.63) is 12.2 Å². The minimum absolute atomic E-state index is 0.0616. The van der Waals surface area contributed by atoms with Gasteiger partial charge >= 0.3 is 11.9 Å². The fourth-order valence-corrected chi connectivity index (χ4v) is 5.61. The molecule has 1 N–H and O–H groups in total. The molecule has 0 heterocycles. The van der Waals surface area contributed by atoms with Crippen molar-refractivity contribution < 1.29 is 24.2 Å². The lowest BCUT2D eigenvalue weighted by Crippen LogP contribution is -2.28. The molecule has 44 heavy (non-hydrogen) atoms. The lowest BCUT2D eigenvalue weighted by molar-refractivity contribution is -0.161. The summed E-state index contributed by atoms with van der Waals surface area (Å²) in [4.78, 5) is 24.2. The van der Waals surface area contributed by atoms with E-state index in [2.05, 4.69) is 26.0 Å². The number of unbranched alkanes of at least 4 members (excludes halogenated alkanes) is 25. The molecule has 0 aromatic carbocycles. The maximum Gasteiger partial charge on any atom is 0.306 e. The molecule has 0 amide bonds. The van der Waals surface area contributed by atoms with Crippen LogP contribution < -0.4 is 0 Å². The predicted octanol–water partition coefficient (Wildman–Crippen LogP) is 11.7. The van der Waals surface area contributed by atoms with Crippen LogP contribution in [-0.4, -0.2) is 36.4 Å². The third-order valence-electron chi connectivity index (χ3n) is 8.56. The summed E-state index contributed by atoms with van der Waals surface area (Å²) in [5.74, 6) is -0.586. The Morgan fingerprint density at radius 1 is 0.500 bits per heavy atom. The number of carbonyl (C=O) groups excluding carboxylic acids is 2. The van der Waals surface area contributed by atoms with Crippen LogP contribution in [0.2, 0.25) is 0 Å². The number of hydrogen-bond donors (Lipinski definition) is 1. The van der Waals surface area contributed by atoms with Gasteiger partial charge in [0.25, 0.3) is 0 Å². The lowest BCUT2D eigenvalue weighted by Gasteiger charge is -2.15. The summed E-state index contributed by atoms with van der Waals surface area (Å²) in [7, 11) is 0. The first-order valence-corrected chi connectivity index (χ1v) is 19.2. The SMILES string of the molecule is CCCCCCC=CCCCCCCCCCC(=O)OC(CO)COC(=O)CCCCCCCCCCCCCCCCC. The first-order valence-electron chi connectivity index (χ1n) is 19.2. The normalized spacial score (nSPS) is 12.2. The van der Waals surface area contributed by atoms with Crippen molar-refractivity contribution in [2.75, 3.05) is 13.2 Å². The molecule has 1 unspecified atom stereocenters. The number of carbonyl (C=O) groups is 2. The molecule has 260 valence electrons. The Kier molecular flexibility index (Phi) is 35.0. The Labute approximate surface area is 273 Å². The summed E-state index contributed by atoms with van der Waals surface area (Å²) < 4.78 is 10.6. The van der Waals surface area contributed by atoms with Crippen LogP contribution in [0.15, 0.2) is 12.2 Å².